The van der Waals surface area contributed by atoms with E-state index in [4.69, 9.17) is 32.7 Å². The summed E-state index contributed by atoms with van der Waals surface area (Å²) in [6.07, 6.45) is -2.14. The quantitative estimate of drug-likeness (QED) is 0.757. The molecule has 0 aliphatic rings. The molecule has 5 nitrogen and oxygen atoms in total. The fourth-order valence-electron chi connectivity index (χ4n) is 2.00. The molecule has 0 heterocycles. The minimum atomic E-state index is -1.28. The lowest BCUT2D eigenvalue weighted by Crippen LogP contribution is -2.31. The lowest BCUT2D eigenvalue weighted by molar-refractivity contribution is -0.147. The number of esters is 1. The summed E-state index contributed by atoms with van der Waals surface area (Å²) < 4.78 is 9.89. The Hall–Kier alpha value is -2.50. The van der Waals surface area contributed by atoms with Crippen molar-refractivity contribution in [3.05, 3.63) is 70.7 Å². The second-order valence-electron chi connectivity index (χ2n) is 4.95. The van der Waals surface area contributed by atoms with Gasteiger partial charge in [-0.3, -0.25) is 5.32 Å². The maximum Gasteiger partial charge on any atom is 0.412 e. The van der Waals surface area contributed by atoms with Gasteiger partial charge in [0.15, 0.2) is 0 Å². The molecule has 0 fully saturated rings. The maximum absolute atomic E-state index is 12.1. The molecular weight excluding hydrogens is 365 g/mol. The van der Waals surface area contributed by atoms with Gasteiger partial charge in [0.1, 0.15) is 0 Å². The molecule has 1 unspecified atom stereocenters. The second kappa shape index (κ2) is 8.55. The average Bonchev–Trinajstić information content (AvgIpc) is 2.62. The van der Waals surface area contributed by atoms with Gasteiger partial charge in [-0.2, -0.15) is 0 Å². The number of methoxy groups -OCH3 is 1. The van der Waals surface area contributed by atoms with Gasteiger partial charge in [0, 0.05) is 11.3 Å². The van der Waals surface area contributed by atoms with Crippen molar-refractivity contribution < 1.29 is 19.1 Å². The summed E-state index contributed by atoms with van der Waals surface area (Å²) in [7, 11) is 1.20. The summed E-state index contributed by atoms with van der Waals surface area (Å²) in [6, 6.07) is 13.4. The first kappa shape index (κ1) is 18.8. The van der Waals surface area contributed by atoms with Gasteiger partial charge in [0.05, 0.1) is 17.2 Å². The topological polar surface area (TPSA) is 64.6 Å². The predicted octanol–water partition coefficient (Wildman–Crippen LogP) is 4.80. The van der Waals surface area contributed by atoms with E-state index >= 15 is 0 Å². The minimum absolute atomic E-state index is 0.276. The van der Waals surface area contributed by atoms with Gasteiger partial charge in [0.2, 0.25) is 6.10 Å². The van der Waals surface area contributed by atoms with Crippen molar-refractivity contribution in [1.29, 1.82) is 0 Å². The van der Waals surface area contributed by atoms with Crippen molar-refractivity contribution in [2.24, 2.45) is 0 Å². The molecule has 1 atom stereocenters. The molecule has 2 aromatic carbocycles. The number of rotatable bonds is 5. The summed E-state index contributed by atoms with van der Waals surface area (Å²) >= 11 is 11.7. The second-order valence-corrected chi connectivity index (χ2v) is 5.77. The smallest absolute Gasteiger partial charge is 0.412 e. The van der Waals surface area contributed by atoms with E-state index in [9.17, 15) is 9.59 Å². The van der Waals surface area contributed by atoms with Gasteiger partial charge in [-0.1, -0.05) is 60.1 Å². The van der Waals surface area contributed by atoms with E-state index in [0.29, 0.717) is 21.8 Å². The van der Waals surface area contributed by atoms with Crippen LogP contribution < -0.4 is 5.32 Å². The number of hydrogen-bond acceptors (Lipinski definition) is 4. The Balaban J connectivity index is 2.13. The number of nitrogens with one attached hydrogen (secondary N) is 1. The van der Waals surface area contributed by atoms with E-state index in [1.54, 1.807) is 30.3 Å². The molecule has 0 spiro atoms. The van der Waals surface area contributed by atoms with E-state index in [-0.39, 0.29) is 5.02 Å². The summed E-state index contributed by atoms with van der Waals surface area (Å²) in [5.41, 5.74) is 1.32. The Morgan fingerprint density at radius 2 is 1.76 bits per heavy atom. The van der Waals surface area contributed by atoms with Crippen LogP contribution in [0.5, 0.6) is 0 Å². The monoisotopic (exact) mass is 379 g/mol. The molecule has 25 heavy (non-hydrogen) atoms. The van der Waals surface area contributed by atoms with Crippen LogP contribution in [0.3, 0.4) is 0 Å². The van der Waals surface area contributed by atoms with Gasteiger partial charge in [0.25, 0.3) is 0 Å². The molecule has 2 aromatic rings. The van der Waals surface area contributed by atoms with Crippen molar-refractivity contribution in [1.82, 2.24) is 0 Å². The van der Waals surface area contributed by atoms with E-state index in [1.807, 2.05) is 6.07 Å². The number of carbonyl (C=O) groups excluding carboxylic acids is 2. The molecular formula is C18H15Cl2NO4. The lowest BCUT2D eigenvalue weighted by Gasteiger charge is -2.18. The SMILES string of the molecule is C=C(c1ccccc1)C(OC(=O)Nc1ccc(Cl)c(Cl)c1)C(=O)OC. The maximum atomic E-state index is 12.1. The summed E-state index contributed by atoms with van der Waals surface area (Å²) in [4.78, 5) is 24.1. The summed E-state index contributed by atoms with van der Waals surface area (Å²) in [5, 5.41) is 3.10. The van der Waals surface area contributed by atoms with Gasteiger partial charge < -0.3 is 9.47 Å². The molecule has 0 aliphatic carbocycles. The van der Waals surface area contributed by atoms with Crippen molar-refractivity contribution in [2.75, 3.05) is 12.4 Å². The number of hydrogen-bond donors (Lipinski definition) is 1. The highest BCUT2D eigenvalue weighted by Crippen LogP contribution is 2.25. The highest BCUT2D eigenvalue weighted by Gasteiger charge is 2.28. The van der Waals surface area contributed by atoms with Crippen molar-refractivity contribution in [3.8, 4) is 0 Å². The van der Waals surface area contributed by atoms with Crippen LogP contribution in [0.15, 0.2) is 55.1 Å². The number of ether oxygens (including phenoxy) is 2. The van der Waals surface area contributed by atoms with Crippen LogP contribution >= 0.6 is 23.2 Å². The zero-order chi connectivity index (χ0) is 18.4. The third kappa shape index (κ3) is 4.98. The zero-order valence-electron chi connectivity index (χ0n) is 13.3. The van der Waals surface area contributed by atoms with Gasteiger partial charge in [-0.05, 0) is 23.8 Å². The van der Waals surface area contributed by atoms with Crippen molar-refractivity contribution in [2.45, 2.75) is 6.10 Å². The molecule has 0 saturated heterocycles. The van der Waals surface area contributed by atoms with Crippen LogP contribution in [0.25, 0.3) is 5.57 Å². The molecule has 0 aromatic heterocycles. The Bertz CT molecular complexity index is 793. The summed E-state index contributed by atoms with van der Waals surface area (Å²) in [6.45, 7) is 3.84. The largest absolute Gasteiger partial charge is 0.466 e. The molecule has 0 saturated carbocycles. The minimum Gasteiger partial charge on any atom is -0.466 e. The highest BCUT2D eigenvalue weighted by molar-refractivity contribution is 6.42. The van der Waals surface area contributed by atoms with E-state index in [0.717, 1.165) is 0 Å². The summed E-state index contributed by atoms with van der Waals surface area (Å²) in [5.74, 6) is -0.738. The molecule has 2 rings (SSSR count). The molecule has 130 valence electrons. The zero-order valence-corrected chi connectivity index (χ0v) is 14.8. The molecule has 0 radical (unpaired) electrons. The Morgan fingerprint density at radius 3 is 2.36 bits per heavy atom. The third-order valence-electron chi connectivity index (χ3n) is 3.27. The van der Waals surface area contributed by atoms with E-state index in [2.05, 4.69) is 11.9 Å². The fourth-order valence-corrected chi connectivity index (χ4v) is 2.30. The molecule has 0 aliphatic heterocycles. The third-order valence-corrected chi connectivity index (χ3v) is 4.01. The Labute approximate surface area is 155 Å². The van der Waals surface area contributed by atoms with Crippen molar-refractivity contribution in [3.63, 3.8) is 0 Å². The first-order valence-electron chi connectivity index (χ1n) is 7.17. The molecule has 1 N–H and O–H groups in total. The fraction of sp³-hybridized carbons (Fsp3) is 0.111. The van der Waals surface area contributed by atoms with Gasteiger partial charge in [-0.15, -0.1) is 0 Å². The van der Waals surface area contributed by atoms with Crippen molar-refractivity contribution >= 4 is 46.5 Å². The van der Waals surface area contributed by atoms with E-state index < -0.39 is 18.2 Å². The van der Waals surface area contributed by atoms with Gasteiger partial charge >= 0.3 is 12.1 Å². The lowest BCUT2D eigenvalue weighted by atomic mass is 10.0. The number of carbonyl (C=O) groups is 2. The predicted molar refractivity (Wildman–Crippen MR) is 97.8 cm³/mol. The van der Waals surface area contributed by atoms with E-state index in [1.165, 1.54) is 19.2 Å². The molecule has 0 bridgehead atoms. The average molecular weight is 380 g/mol. The first-order valence-corrected chi connectivity index (χ1v) is 7.92. The van der Waals surface area contributed by atoms with Crippen LogP contribution in [0, 0.1) is 0 Å². The van der Waals surface area contributed by atoms with Crippen LogP contribution in [0.2, 0.25) is 10.0 Å². The first-order chi connectivity index (χ1) is 11.9. The Kier molecular flexibility index (Phi) is 6.44. The van der Waals surface area contributed by atoms with Crippen LogP contribution in [-0.4, -0.2) is 25.3 Å². The molecule has 7 heteroatoms. The molecule has 1 amide bonds. The number of benzene rings is 2. The standard InChI is InChI=1S/C18H15Cl2NO4/c1-11(12-6-4-3-5-7-12)16(17(22)24-2)25-18(23)21-13-8-9-14(19)15(20)10-13/h3-10,16H,1H2,2H3,(H,21,23). The normalized spacial score (nSPS) is 11.3. The van der Waals surface area contributed by atoms with Gasteiger partial charge in [-0.25, -0.2) is 9.59 Å². The highest BCUT2D eigenvalue weighted by atomic mass is 35.5. The Morgan fingerprint density at radius 1 is 1.08 bits per heavy atom. The van der Waals surface area contributed by atoms with Crippen LogP contribution in [0.4, 0.5) is 10.5 Å². The van der Waals surface area contributed by atoms with Crippen LogP contribution in [0.1, 0.15) is 5.56 Å². The van der Waals surface area contributed by atoms with Crippen LogP contribution in [-0.2, 0) is 14.3 Å². The number of amides is 1. The number of anilines is 1. The number of halogens is 2.